The van der Waals surface area contributed by atoms with Crippen molar-refractivity contribution < 1.29 is 46.2 Å². The van der Waals surface area contributed by atoms with Gasteiger partial charge < -0.3 is 19.1 Å². The lowest BCUT2D eigenvalue weighted by Gasteiger charge is -2.24. The molecule has 3 N–H and O–H groups in total. The van der Waals surface area contributed by atoms with Gasteiger partial charge in [-0.05, 0) is 19.1 Å². The Labute approximate surface area is 201 Å². The molecule has 0 amide bonds. The van der Waals surface area contributed by atoms with Crippen LogP contribution in [-0.4, -0.2) is 52.6 Å². The number of benzene rings is 1. The van der Waals surface area contributed by atoms with Crippen LogP contribution in [0.2, 0.25) is 0 Å². The van der Waals surface area contributed by atoms with Gasteiger partial charge >= 0.3 is 25.6 Å². The van der Waals surface area contributed by atoms with E-state index in [0.29, 0.717) is 10.8 Å². The molecule has 1 aromatic heterocycles. The second-order valence-corrected chi connectivity index (χ2v) is 9.40. The van der Waals surface area contributed by atoms with E-state index in [1.807, 2.05) is 0 Å². The highest BCUT2D eigenvalue weighted by atomic mass is 31.2. The van der Waals surface area contributed by atoms with Crippen molar-refractivity contribution in [3.05, 3.63) is 62.9 Å². The monoisotopic (exact) mass is 537 g/mol. The number of aliphatic hydroxyl groups excluding tert-OH is 1. The third-order valence-electron chi connectivity index (χ3n) is 5.07. The highest BCUT2D eigenvalue weighted by Gasteiger charge is 2.41. The molecule has 1 fully saturated rings. The predicted molar refractivity (Wildman–Crippen MR) is 116 cm³/mol. The lowest BCUT2D eigenvalue weighted by molar-refractivity contribution is -0.142. The van der Waals surface area contributed by atoms with Crippen molar-refractivity contribution in [2.24, 2.45) is 0 Å². The van der Waals surface area contributed by atoms with Crippen molar-refractivity contribution in [2.45, 2.75) is 44.0 Å². The van der Waals surface area contributed by atoms with Gasteiger partial charge in [-0.1, -0.05) is 18.2 Å². The zero-order valence-corrected chi connectivity index (χ0v) is 19.8. The molecule has 1 aliphatic heterocycles. The van der Waals surface area contributed by atoms with Gasteiger partial charge in [0.1, 0.15) is 29.7 Å². The molecule has 36 heavy (non-hydrogen) atoms. The van der Waals surface area contributed by atoms with E-state index in [9.17, 15) is 37.2 Å². The molecule has 0 saturated carbocycles. The molecule has 198 valence electrons. The fourth-order valence-electron chi connectivity index (χ4n) is 3.29. The van der Waals surface area contributed by atoms with E-state index in [1.165, 1.54) is 19.1 Å². The van der Waals surface area contributed by atoms with Crippen molar-refractivity contribution in [1.82, 2.24) is 14.6 Å². The van der Waals surface area contributed by atoms with Gasteiger partial charge in [0.2, 0.25) is 0 Å². The van der Waals surface area contributed by atoms with Crippen molar-refractivity contribution in [3.63, 3.8) is 0 Å². The minimum absolute atomic E-state index is 0.121. The average molecular weight is 537 g/mol. The number of ether oxygens (including phenoxy) is 2. The minimum Gasteiger partial charge on any atom is -0.468 e. The number of carbonyl (C=O) groups is 1. The Balaban J connectivity index is 1.77. The van der Waals surface area contributed by atoms with Crippen LogP contribution in [0.3, 0.4) is 0 Å². The zero-order chi connectivity index (χ0) is 26.7. The van der Waals surface area contributed by atoms with E-state index in [4.69, 9.17) is 13.8 Å². The molecule has 2 heterocycles. The number of methoxy groups -OCH3 is 1. The van der Waals surface area contributed by atoms with Crippen molar-refractivity contribution in [3.8, 4) is 5.75 Å². The van der Waals surface area contributed by atoms with Crippen LogP contribution in [0, 0.1) is 0 Å². The molecule has 0 aliphatic carbocycles. The lowest BCUT2D eigenvalue weighted by atomic mass is 10.2. The molecule has 3 rings (SSSR count). The largest absolute Gasteiger partial charge is 0.468 e. The summed E-state index contributed by atoms with van der Waals surface area (Å²) in [5.41, 5.74) is -4.42. The Morgan fingerprint density at radius 1 is 1.33 bits per heavy atom. The van der Waals surface area contributed by atoms with Gasteiger partial charge in [0.25, 0.3) is 5.56 Å². The molecule has 1 saturated heterocycles. The van der Waals surface area contributed by atoms with Gasteiger partial charge in [0.15, 0.2) is 0 Å². The first kappa shape index (κ1) is 27.6. The molecule has 1 aromatic carbocycles. The van der Waals surface area contributed by atoms with Gasteiger partial charge in [-0.25, -0.2) is 9.36 Å². The van der Waals surface area contributed by atoms with Crippen LogP contribution < -0.4 is 20.9 Å². The first-order valence-electron chi connectivity index (χ1n) is 10.4. The number of halogens is 3. The van der Waals surface area contributed by atoms with Gasteiger partial charge in [0, 0.05) is 12.6 Å². The molecule has 0 bridgehead atoms. The van der Waals surface area contributed by atoms with Crippen molar-refractivity contribution >= 4 is 13.7 Å². The first-order valence-corrected chi connectivity index (χ1v) is 12.0. The summed E-state index contributed by atoms with van der Waals surface area (Å²) >= 11 is 0. The van der Waals surface area contributed by atoms with Crippen LogP contribution in [0.1, 0.15) is 25.1 Å². The van der Waals surface area contributed by atoms with Crippen molar-refractivity contribution in [1.29, 1.82) is 0 Å². The number of nitrogens with zero attached hydrogens (tertiary/aromatic N) is 1. The van der Waals surface area contributed by atoms with Crippen LogP contribution >= 0.6 is 7.75 Å². The van der Waals surface area contributed by atoms with Gasteiger partial charge in [-0.3, -0.25) is 23.7 Å². The van der Waals surface area contributed by atoms with Crippen LogP contribution in [0.5, 0.6) is 5.75 Å². The second-order valence-electron chi connectivity index (χ2n) is 7.71. The van der Waals surface area contributed by atoms with E-state index in [-0.39, 0.29) is 12.2 Å². The van der Waals surface area contributed by atoms with Gasteiger partial charge in [0.05, 0.1) is 19.8 Å². The number of rotatable bonds is 9. The maximum atomic E-state index is 13.4. The standard InChI is InChI=1S/C20H23F3N3O9P/c1-11(18(29)32-2)25-36(31,35-12-6-4-3-5-7-12)33-10-15-14(27)8-16(34-15)26-9-13(20(21,22)23)17(28)24-19(26)30/h3-7,9,11,14-16,27H,8,10H2,1-2H3,(H,25,31)(H,24,28,30)/t11-,14+,15+,16+,36?/m0/s1. The Morgan fingerprint density at radius 3 is 2.61 bits per heavy atom. The number of alkyl halides is 3. The number of para-hydroxylation sites is 1. The summed E-state index contributed by atoms with van der Waals surface area (Å²) in [5.74, 6) is -0.652. The number of esters is 1. The Bertz CT molecular complexity index is 1230. The summed E-state index contributed by atoms with van der Waals surface area (Å²) in [6.07, 6.45) is -9.09. The molecule has 16 heteroatoms. The molecule has 12 nitrogen and oxygen atoms in total. The maximum absolute atomic E-state index is 13.4. The summed E-state index contributed by atoms with van der Waals surface area (Å²) in [5, 5.41) is 12.7. The highest BCUT2D eigenvalue weighted by Crippen LogP contribution is 2.46. The normalized spacial score (nSPS) is 22.6. The number of aromatic amines is 1. The summed E-state index contributed by atoms with van der Waals surface area (Å²) < 4.78 is 73.9. The maximum Gasteiger partial charge on any atom is 0.459 e. The van der Waals surface area contributed by atoms with E-state index >= 15 is 0 Å². The summed E-state index contributed by atoms with van der Waals surface area (Å²) in [7, 11) is -3.17. The third-order valence-corrected chi connectivity index (χ3v) is 6.72. The molecule has 5 atom stereocenters. The number of aliphatic hydroxyl groups is 1. The van der Waals surface area contributed by atoms with Crippen LogP contribution in [0.15, 0.2) is 46.1 Å². The molecular weight excluding hydrogens is 514 g/mol. The van der Waals surface area contributed by atoms with Crippen molar-refractivity contribution in [2.75, 3.05) is 13.7 Å². The van der Waals surface area contributed by atoms with E-state index in [1.54, 1.807) is 23.2 Å². The topological polar surface area (TPSA) is 158 Å². The van der Waals surface area contributed by atoms with Gasteiger partial charge in [-0.2, -0.15) is 18.3 Å². The quantitative estimate of drug-likeness (QED) is 0.317. The van der Waals surface area contributed by atoms with E-state index in [2.05, 4.69) is 9.82 Å². The minimum atomic E-state index is -5.04. The highest BCUT2D eigenvalue weighted by molar-refractivity contribution is 7.52. The fourth-order valence-corrected chi connectivity index (χ4v) is 4.79. The number of nitrogens with one attached hydrogen (secondary N) is 2. The Morgan fingerprint density at radius 2 is 2.00 bits per heavy atom. The number of hydrogen-bond donors (Lipinski definition) is 3. The summed E-state index contributed by atoms with van der Waals surface area (Å²) in [6, 6.07) is 6.67. The number of hydrogen-bond acceptors (Lipinski definition) is 9. The Hall–Kier alpha value is -2.97. The first-order chi connectivity index (χ1) is 16.8. The van der Waals surface area contributed by atoms with Crippen LogP contribution in [-0.2, 0) is 29.5 Å². The molecule has 0 spiro atoms. The summed E-state index contributed by atoms with van der Waals surface area (Å²) in [6.45, 7) is 0.737. The Kier molecular flexibility index (Phi) is 8.41. The fraction of sp³-hybridized carbons (Fsp3) is 0.450. The summed E-state index contributed by atoms with van der Waals surface area (Å²) in [4.78, 5) is 37.0. The predicted octanol–water partition coefficient (Wildman–Crippen LogP) is 1.56. The molecule has 1 unspecified atom stereocenters. The van der Waals surface area contributed by atoms with Crippen LogP contribution in [0.25, 0.3) is 0 Å². The number of H-pyrrole nitrogens is 1. The zero-order valence-electron chi connectivity index (χ0n) is 18.9. The lowest BCUT2D eigenvalue weighted by Crippen LogP contribution is -2.37. The van der Waals surface area contributed by atoms with E-state index < -0.39 is 67.8 Å². The number of carbonyl (C=O) groups excluding carboxylic acids is 1. The second kappa shape index (κ2) is 11.0. The smallest absolute Gasteiger partial charge is 0.459 e. The SMILES string of the molecule is COC(=O)[C@H](C)NP(=O)(OC[C@H]1O[C@@H](n2cc(C(F)(F)F)c(=O)[nH]c2=O)C[C@H]1O)Oc1ccccc1. The van der Waals surface area contributed by atoms with E-state index in [0.717, 1.165) is 7.11 Å². The van der Waals surface area contributed by atoms with Crippen LogP contribution in [0.4, 0.5) is 13.2 Å². The molecule has 1 aliphatic rings. The molecule has 0 radical (unpaired) electrons. The average Bonchev–Trinajstić information content (AvgIpc) is 3.17. The number of aromatic nitrogens is 2. The van der Waals surface area contributed by atoms with Gasteiger partial charge in [-0.15, -0.1) is 0 Å². The molecular formula is C20H23F3N3O9P. The molecule has 2 aromatic rings. The third kappa shape index (κ3) is 6.62.